The van der Waals surface area contributed by atoms with Crippen LogP contribution in [0.3, 0.4) is 0 Å². The summed E-state index contributed by atoms with van der Waals surface area (Å²) in [5.41, 5.74) is 9.02. The minimum absolute atomic E-state index is 0. The normalized spacial score (nSPS) is 15.2. The van der Waals surface area contributed by atoms with Gasteiger partial charge in [0.25, 0.3) is 0 Å². The maximum Gasteiger partial charge on any atom is 0.415 e. The van der Waals surface area contributed by atoms with Gasteiger partial charge >= 0.3 is 18.2 Å². The molecule has 0 fully saturated rings. The highest BCUT2D eigenvalue weighted by Gasteiger charge is 2.42. The molecular weight excluding hydrogens is 833 g/mol. The first kappa shape index (κ1) is 46.6. The Morgan fingerprint density at radius 3 is 1.63 bits per heavy atom. The van der Waals surface area contributed by atoms with E-state index in [-0.39, 0.29) is 13.3 Å². The molecule has 8 rings (SSSR count). The fourth-order valence-corrected chi connectivity index (χ4v) is 8.24. The summed E-state index contributed by atoms with van der Waals surface area (Å²) >= 11 is 2.83. The number of hydrogen-bond donors (Lipinski definition) is 3. The van der Waals surface area contributed by atoms with Gasteiger partial charge in [0.05, 0.1) is 46.0 Å². The molecule has 4 aromatic carbocycles. The first-order chi connectivity index (χ1) is 28.8. The van der Waals surface area contributed by atoms with Crippen LogP contribution in [-0.4, -0.2) is 76.6 Å². The summed E-state index contributed by atoms with van der Waals surface area (Å²) in [4.78, 5) is 60.8. The average molecular weight is 885 g/mol. The van der Waals surface area contributed by atoms with E-state index in [0.29, 0.717) is 34.5 Å². The number of fused-ring (bicyclic) bond motifs is 4. The van der Waals surface area contributed by atoms with E-state index in [0.717, 1.165) is 43.1 Å². The Morgan fingerprint density at radius 1 is 0.694 bits per heavy atom. The van der Waals surface area contributed by atoms with Crippen LogP contribution in [0, 0.1) is 0 Å². The molecule has 0 bridgehead atoms. The molecule has 4 heterocycles. The lowest BCUT2D eigenvalue weighted by Crippen LogP contribution is -2.47. The Kier molecular flexibility index (Phi) is 14.3. The van der Waals surface area contributed by atoms with Crippen LogP contribution < -0.4 is 30.3 Å². The number of para-hydroxylation sites is 2. The second-order valence-corrected chi connectivity index (χ2v) is 18.1. The number of nitrogen functional groups attached to an aromatic ring is 1. The predicted molar refractivity (Wildman–Crippen MR) is 245 cm³/mol. The van der Waals surface area contributed by atoms with Crippen molar-refractivity contribution in [3.63, 3.8) is 0 Å². The number of nitrogens with one attached hydrogen (secondary N) is 1. The first-order valence-electron chi connectivity index (χ1n) is 19.2. The van der Waals surface area contributed by atoms with Crippen molar-refractivity contribution in [2.24, 2.45) is 0 Å². The van der Waals surface area contributed by atoms with Gasteiger partial charge in [-0.2, -0.15) is 0 Å². The number of aliphatic carboxylic acids is 1. The SMILES string of the molecule is C.CC(C)(C)OC(=O)N1c2ccccc2CC1C(=O)O.COc1ccc2nc(N)sc2c1.COc1ccc2nc(NC(=O)C3Cc4ccccc4N3C(=O)OC(C)(C)C)sc2c1. The van der Waals surface area contributed by atoms with Crippen LogP contribution in [0.25, 0.3) is 20.4 Å². The zero-order valence-electron chi connectivity index (χ0n) is 35.0. The lowest BCUT2D eigenvalue weighted by Gasteiger charge is -2.28. The van der Waals surface area contributed by atoms with Crippen molar-refractivity contribution < 1.29 is 43.2 Å². The number of nitrogens with zero attached hydrogens (tertiary/aromatic N) is 4. The summed E-state index contributed by atoms with van der Waals surface area (Å²) in [7, 11) is 3.25. The van der Waals surface area contributed by atoms with Gasteiger partial charge in [-0.3, -0.25) is 14.6 Å². The molecule has 0 spiro atoms. The van der Waals surface area contributed by atoms with E-state index >= 15 is 0 Å². The Morgan fingerprint density at radius 2 is 1.15 bits per heavy atom. The van der Waals surface area contributed by atoms with Crippen molar-refractivity contribution in [3.8, 4) is 11.5 Å². The van der Waals surface area contributed by atoms with E-state index < -0.39 is 41.4 Å². The minimum Gasteiger partial charge on any atom is -0.497 e. The second kappa shape index (κ2) is 19.1. The molecule has 0 aliphatic carbocycles. The van der Waals surface area contributed by atoms with Crippen LogP contribution in [0.2, 0.25) is 0 Å². The van der Waals surface area contributed by atoms with Crippen molar-refractivity contribution in [1.29, 1.82) is 0 Å². The predicted octanol–water partition coefficient (Wildman–Crippen LogP) is 9.57. The molecule has 6 aromatic rings. The van der Waals surface area contributed by atoms with E-state index in [2.05, 4.69) is 15.3 Å². The lowest BCUT2D eigenvalue weighted by atomic mass is 10.1. The summed E-state index contributed by atoms with van der Waals surface area (Å²) in [5, 5.41) is 13.2. The molecule has 2 unspecified atom stereocenters. The Labute approximate surface area is 368 Å². The number of ether oxygens (including phenoxy) is 4. The van der Waals surface area contributed by atoms with E-state index in [4.69, 9.17) is 24.7 Å². The van der Waals surface area contributed by atoms with Gasteiger partial charge in [-0.1, -0.05) is 66.5 Å². The molecule has 328 valence electrons. The van der Waals surface area contributed by atoms with Crippen LogP contribution in [0.15, 0.2) is 84.9 Å². The van der Waals surface area contributed by atoms with E-state index in [9.17, 15) is 24.3 Å². The van der Waals surface area contributed by atoms with E-state index in [1.54, 1.807) is 67.9 Å². The molecule has 0 saturated carbocycles. The van der Waals surface area contributed by atoms with E-state index in [1.807, 2.05) is 72.8 Å². The topological polar surface area (TPSA) is 196 Å². The molecule has 2 aliphatic heterocycles. The Balaban J connectivity index is 0.000000193. The maximum atomic E-state index is 13.1. The molecule has 17 heteroatoms. The number of thiazole rings is 2. The van der Waals surface area contributed by atoms with E-state index in [1.165, 1.54) is 32.5 Å². The number of hydrogen-bond acceptors (Lipinski definition) is 13. The summed E-state index contributed by atoms with van der Waals surface area (Å²) in [6.07, 6.45) is -0.434. The van der Waals surface area contributed by atoms with Crippen molar-refractivity contribution in [2.75, 3.05) is 35.1 Å². The number of methoxy groups -OCH3 is 2. The van der Waals surface area contributed by atoms with Gasteiger partial charge in [0.15, 0.2) is 10.3 Å². The quantitative estimate of drug-likeness (QED) is 0.149. The highest BCUT2D eigenvalue weighted by Crippen LogP contribution is 2.36. The summed E-state index contributed by atoms with van der Waals surface area (Å²) in [6, 6.07) is 24.3. The van der Waals surface area contributed by atoms with Gasteiger partial charge in [0, 0.05) is 12.8 Å². The molecule has 0 saturated heterocycles. The number of carboxylic acids is 1. The molecule has 4 N–H and O–H groups in total. The number of aromatic nitrogens is 2. The molecule has 0 radical (unpaired) electrons. The standard InChI is InChI=1S/C22H23N3O4S.C14H17NO4.C8H8N2OS.CH4/c1-22(2,3)29-21(27)25-16-8-6-5-7-13(16)11-17(25)19(26)24-20-23-15-10-9-14(28-4)12-18(15)30-20;1-14(2,3)19-13(18)15-10-7-5-4-6-9(10)8-11(15)12(16)17;1-11-5-2-3-6-7(4-5)12-8(9)10-6;/h5-10,12,17H,11H2,1-4H3,(H,23,24,26);4-7,11H,8H2,1-3H3,(H,16,17);2-4H,1H3,(H2,9,10);1H4. The third-order valence-electron chi connectivity index (χ3n) is 9.16. The lowest BCUT2D eigenvalue weighted by molar-refractivity contribution is -0.138. The zero-order chi connectivity index (χ0) is 44.2. The molecule has 3 amide bonds. The van der Waals surface area contributed by atoms with Crippen molar-refractivity contribution in [1.82, 2.24) is 9.97 Å². The smallest absolute Gasteiger partial charge is 0.415 e. The third-order valence-corrected chi connectivity index (χ3v) is 10.9. The fraction of sp³-hybridized carbons (Fsp3) is 0.333. The Bertz CT molecular complexity index is 2580. The molecule has 2 atom stereocenters. The highest BCUT2D eigenvalue weighted by molar-refractivity contribution is 7.22. The number of benzene rings is 4. The number of amides is 3. The molecule has 2 aliphatic rings. The van der Waals surface area contributed by atoms with Crippen LogP contribution in [0.1, 0.15) is 60.1 Å². The number of rotatable bonds is 5. The number of carbonyl (C=O) groups is 4. The summed E-state index contributed by atoms with van der Waals surface area (Å²) in [6.45, 7) is 10.7. The van der Waals surface area contributed by atoms with Gasteiger partial charge in [-0.15, -0.1) is 0 Å². The van der Waals surface area contributed by atoms with Crippen LogP contribution in [0.4, 0.5) is 31.2 Å². The van der Waals surface area contributed by atoms with Gasteiger partial charge in [-0.05, 0) is 101 Å². The average Bonchev–Trinajstić information content (AvgIpc) is 3.98. The minimum atomic E-state index is -1.03. The van der Waals surface area contributed by atoms with Crippen LogP contribution >= 0.6 is 22.7 Å². The van der Waals surface area contributed by atoms with Gasteiger partial charge in [0.1, 0.15) is 34.8 Å². The fourth-order valence-electron chi connectivity index (χ4n) is 6.58. The van der Waals surface area contributed by atoms with Crippen LogP contribution in [0.5, 0.6) is 11.5 Å². The van der Waals surface area contributed by atoms with Gasteiger partial charge < -0.3 is 35.1 Å². The number of nitrogens with two attached hydrogens (primary N) is 1. The third kappa shape index (κ3) is 11.1. The van der Waals surface area contributed by atoms with Gasteiger partial charge in [0.2, 0.25) is 5.91 Å². The highest BCUT2D eigenvalue weighted by atomic mass is 32.1. The number of anilines is 4. The summed E-state index contributed by atoms with van der Waals surface area (Å²) < 4.78 is 23.1. The molecular formula is C45H52N6O9S2. The Hall–Kier alpha value is -6.46. The largest absolute Gasteiger partial charge is 0.497 e. The summed E-state index contributed by atoms with van der Waals surface area (Å²) in [5.74, 6) is 0.239. The van der Waals surface area contributed by atoms with Gasteiger partial charge in [-0.25, -0.2) is 24.4 Å². The number of carbonyl (C=O) groups excluding carboxylic acids is 3. The number of carboxylic acid groups (broad SMARTS) is 1. The molecule has 2 aromatic heterocycles. The first-order valence-corrected chi connectivity index (χ1v) is 20.9. The maximum absolute atomic E-state index is 13.1. The monoisotopic (exact) mass is 884 g/mol. The second-order valence-electron chi connectivity index (χ2n) is 16.0. The van der Waals surface area contributed by atoms with Crippen LogP contribution in [-0.2, 0) is 31.9 Å². The van der Waals surface area contributed by atoms with Crippen molar-refractivity contribution >= 4 is 88.8 Å². The zero-order valence-corrected chi connectivity index (χ0v) is 36.7. The van der Waals surface area contributed by atoms with Crippen molar-refractivity contribution in [2.45, 2.75) is 85.1 Å². The van der Waals surface area contributed by atoms with Crippen molar-refractivity contribution in [3.05, 3.63) is 96.1 Å². The molecule has 15 nitrogen and oxygen atoms in total. The molecule has 62 heavy (non-hydrogen) atoms.